The molecule has 2 unspecified atom stereocenters. The molecule has 0 radical (unpaired) electrons. The smallest absolute Gasteiger partial charge is 0.0685 e. The van der Waals surface area contributed by atoms with Gasteiger partial charge in [0.25, 0.3) is 0 Å². The minimum absolute atomic E-state index is 0.154. The van der Waals surface area contributed by atoms with Crippen LogP contribution in [0.4, 0.5) is 0 Å². The average molecular weight is 297 g/mol. The van der Waals surface area contributed by atoms with Crippen LogP contribution in [0.5, 0.6) is 0 Å². The quantitative estimate of drug-likeness (QED) is 0.862. The van der Waals surface area contributed by atoms with Crippen molar-refractivity contribution in [3.63, 3.8) is 0 Å². The summed E-state index contributed by atoms with van der Waals surface area (Å²) in [6.45, 7) is 2.45. The second-order valence-corrected chi connectivity index (χ2v) is 5.98. The summed E-state index contributed by atoms with van der Waals surface area (Å²) < 4.78 is 1.06. The summed E-state index contributed by atoms with van der Waals surface area (Å²) in [5, 5.41) is 9.51. The van der Waals surface area contributed by atoms with E-state index in [-0.39, 0.29) is 6.61 Å². The Morgan fingerprint density at radius 1 is 1.29 bits per heavy atom. The Hall–Kier alpha value is -0.340. The molecule has 0 saturated heterocycles. The zero-order valence-corrected chi connectivity index (χ0v) is 12.0. The van der Waals surface area contributed by atoms with Gasteiger partial charge in [0.2, 0.25) is 0 Å². The second kappa shape index (κ2) is 6.01. The molecule has 1 aliphatic carbocycles. The molecule has 0 heterocycles. The van der Waals surface area contributed by atoms with E-state index in [4.69, 9.17) is 0 Å². The summed E-state index contributed by atoms with van der Waals surface area (Å²) in [6, 6.07) is 6.38. The molecule has 1 aromatic rings. The Labute approximate surface area is 112 Å². The first-order chi connectivity index (χ1) is 8.26. The summed E-state index contributed by atoms with van der Waals surface area (Å²) in [4.78, 5) is 0. The third-order valence-electron chi connectivity index (χ3n) is 4.11. The fraction of sp³-hybridized carbons (Fsp3) is 0.600. The number of halogens is 1. The zero-order chi connectivity index (χ0) is 12.3. The Bertz CT molecular complexity index is 375. The number of aliphatic hydroxyl groups is 1. The normalized spacial score (nSPS) is 24.9. The number of rotatable bonds is 3. The van der Waals surface area contributed by atoms with E-state index in [0.29, 0.717) is 5.92 Å². The van der Waals surface area contributed by atoms with Crippen molar-refractivity contribution in [3.8, 4) is 0 Å². The Morgan fingerprint density at radius 3 is 2.76 bits per heavy atom. The lowest BCUT2D eigenvalue weighted by atomic mass is 9.73. The summed E-state index contributed by atoms with van der Waals surface area (Å²) in [5.41, 5.74) is 2.48. The van der Waals surface area contributed by atoms with E-state index in [0.717, 1.165) is 16.0 Å². The van der Waals surface area contributed by atoms with Crippen LogP contribution in [0.25, 0.3) is 0 Å². The lowest BCUT2D eigenvalue weighted by Crippen LogP contribution is -2.18. The van der Waals surface area contributed by atoms with E-state index < -0.39 is 0 Å². The van der Waals surface area contributed by atoms with Crippen LogP contribution in [0.1, 0.15) is 56.1 Å². The van der Waals surface area contributed by atoms with Gasteiger partial charge in [0, 0.05) is 4.47 Å². The largest absolute Gasteiger partial charge is 0.392 e. The molecule has 0 bridgehead atoms. The number of hydrogen-bond donors (Lipinski definition) is 1. The van der Waals surface area contributed by atoms with Gasteiger partial charge in [-0.25, -0.2) is 0 Å². The summed E-state index contributed by atoms with van der Waals surface area (Å²) >= 11 is 3.48. The van der Waals surface area contributed by atoms with Crippen molar-refractivity contribution in [3.05, 3.63) is 33.8 Å². The van der Waals surface area contributed by atoms with Crippen LogP contribution in [0.15, 0.2) is 22.7 Å². The zero-order valence-electron chi connectivity index (χ0n) is 10.5. The molecule has 2 atom stereocenters. The van der Waals surface area contributed by atoms with E-state index in [1.807, 2.05) is 0 Å². The van der Waals surface area contributed by atoms with Gasteiger partial charge in [-0.3, -0.25) is 0 Å². The fourth-order valence-corrected chi connectivity index (χ4v) is 3.59. The van der Waals surface area contributed by atoms with Crippen LogP contribution in [0.3, 0.4) is 0 Å². The van der Waals surface area contributed by atoms with Crippen LogP contribution >= 0.6 is 15.9 Å². The molecule has 94 valence electrons. The molecule has 2 heteroatoms. The highest BCUT2D eigenvalue weighted by molar-refractivity contribution is 9.10. The molecule has 17 heavy (non-hydrogen) atoms. The van der Waals surface area contributed by atoms with Crippen LogP contribution in [0, 0.1) is 5.92 Å². The van der Waals surface area contributed by atoms with Crippen molar-refractivity contribution < 1.29 is 5.11 Å². The van der Waals surface area contributed by atoms with Crippen molar-refractivity contribution >= 4 is 15.9 Å². The van der Waals surface area contributed by atoms with Crippen LogP contribution in [-0.2, 0) is 6.61 Å². The second-order valence-electron chi connectivity index (χ2n) is 5.06. The molecule has 1 aromatic carbocycles. The minimum Gasteiger partial charge on any atom is -0.392 e. The van der Waals surface area contributed by atoms with Crippen LogP contribution in [0.2, 0.25) is 0 Å². The van der Waals surface area contributed by atoms with Crippen LogP contribution < -0.4 is 0 Å². The van der Waals surface area contributed by atoms with Gasteiger partial charge >= 0.3 is 0 Å². The molecule has 0 aliphatic heterocycles. The van der Waals surface area contributed by atoms with Gasteiger partial charge in [-0.15, -0.1) is 0 Å². The standard InChI is InChI=1S/C15H21BrO/c1-2-11-5-3-4-6-14(11)15-8-7-13(16)9-12(15)10-17/h7-9,11,14,17H,2-6,10H2,1H3. The molecule has 1 aliphatic rings. The predicted octanol–water partition coefficient (Wildman–Crippen LogP) is 4.63. The van der Waals surface area contributed by atoms with Gasteiger partial charge in [-0.1, -0.05) is 48.2 Å². The monoisotopic (exact) mass is 296 g/mol. The van der Waals surface area contributed by atoms with Crippen molar-refractivity contribution in [1.82, 2.24) is 0 Å². The van der Waals surface area contributed by atoms with Gasteiger partial charge in [-0.05, 0) is 47.9 Å². The lowest BCUT2D eigenvalue weighted by molar-refractivity contribution is 0.268. The maximum absolute atomic E-state index is 9.51. The van der Waals surface area contributed by atoms with Crippen molar-refractivity contribution in [2.75, 3.05) is 0 Å². The Balaban J connectivity index is 2.30. The maximum atomic E-state index is 9.51. The van der Waals surface area contributed by atoms with E-state index in [1.54, 1.807) is 0 Å². The minimum atomic E-state index is 0.154. The van der Waals surface area contributed by atoms with Crippen LogP contribution in [-0.4, -0.2) is 5.11 Å². The molecule has 1 saturated carbocycles. The topological polar surface area (TPSA) is 20.2 Å². The molecule has 2 rings (SSSR count). The lowest BCUT2D eigenvalue weighted by Gasteiger charge is -2.32. The first-order valence-corrected chi connectivity index (χ1v) is 7.44. The predicted molar refractivity (Wildman–Crippen MR) is 75.1 cm³/mol. The van der Waals surface area contributed by atoms with E-state index in [1.165, 1.54) is 37.7 Å². The van der Waals surface area contributed by atoms with Gasteiger partial charge < -0.3 is 5.11 Å². The Kier molecular flexibility index (Phi) is 4.63. The molecule has 0 amide bonds. The summed E-state index contributed by atoms with van der Waals surface area (Å²) in [6.07, 6.45) is 6.60. The van der Waals surface area contributed by atoms with E-state index in [2.05, 4.69) is 41.1 Å². The van der Waals surface area contributed by atoms with Gasteiger partial charge in [0.05, 0.1) is 6.61 Å². The number of hydrogen-bond acceptors (Lipinski definition) is 1. The van der Waals surface area contributed by atoms with Gasteiger partial charge in [0.1, 0.15) is 0 Å². The molecule has 0 aromatic heterocycles. The average Bonchev–Trinajstić information content (AvgIpc) is 2.38. The van der Waals surface area contributed by atoms with Crippen molar-refractivity contribution in [2.24, 2.45) is 5.92 Å². The molecule has 1 fully saturated rings. The maximum Gasteiger partial charge on any atom is 0.0685 e. The molecule has 0 spiro atoms. The van der Waals surface area contributed by atoms with Gasteiger partial charge in [0.15, 0.2) is 0 Å². The highest BCUT2D eigenvalue weighted by Gasteiger charge is 2.26. The highest BCUT2D eigenvalue weighted by atomic mass is 79.9. The molecule has 1 N–H and O–H groups in total. The Morgan fingerprint density at radius 2 is 2.06 bits per heavy atom. The van der Waals surface area contributed by atoms with Gasteiger partial charge in [-0.2, -0.15) is 0 Å². The fourth-order valence-electron chi connectivity index (χ4n) is 3.18. The summed E-state index contributed by atoms with van der Waals surface area (Å²) in [5.74, 6) is 1.46. The first-order valence-electron chi connectivity index (χ1n) is 6.65. The summed E-state index contributed by atoms with van der Waals surface area (Å²) in [7, 11) is 0. The third kappa shape index (κ3) is 2.92. The molecule has 1 nitrogen and oxygen atoms in total. The van der Waals surface area contributed by atoms with Crippen molar-refractivity contribution in [1.29, 1.82) is 0 Å². The highest BCUT2D eigenvalue weighted by Crippen LogP contribution is 2.41. The molecular formula is C15H21BrO. The van der Waals surface area contributed by atoms with Crippen molar-refractivity contribution in [2.45, 2.75) is 51.6 Å². The van der Waals surface area contributed by atoms with E-state index in [9.17, 15) is 5.11 Å². The van der Waals surface area contributed by atoms with E-state index >= 15 is 0 Å². The number of aliphatic hydroxyl groups excluding tert-OH is 1. The SMILES string of the molecule is CCC1CCCCC1c1ccc(Br)cc1CO. The number of benzene rings is 1. The molecular weight excluding hydrogens is 276 g/mol. The first kappa shape index (κ1) is 13.1. The third-order valence-corrected chi connectivity index (χ3v) is 4.60.